The van der Waals surface area contributed by atoms with Crippen LogP contribution in [-0.4, -0.2) is 54.0 Å². The van der Waals surface area contributed by atoms with Crippen molar-refractivity contribution >= 4 is 22.7 Å². The number of hydrogen-bond donors (Lipinski definition) is 2. The molecule has 2 atom stereocenters. The van der Waals surface area contributed by atoms with Crippen LogP contribution in [0.1, 0.15) is 6.92 Å². The molecule has 8 nitrogen and oxygen atoms in total. The summed E-state index contributed by atoms with van der Waals surface area (Å²) in [5.74, 6) is 1.28. The number of rotatable bonds is 6. The monoisotopic (exact) mass is 295 g/mol. The quantitative estimate of drug-likeness (QED) is 0.789. The van der Waals surface area contributed by atoms with E-state index in [1.54, 1.807) is 36.4 Å². The first-order chi connectivity index (χ1) is 9.60. The topological polar surface area (TPSA) is 97.6 Å². The van der Waals surface area contributed by atoms with Gasteiger partial charge in [0.15, 0.2) is 0 Å². The summed E-state index contributed by atoms with van der Waals surface area (Å²) in [5, 5.41) is 10.0. The minimum Gasteiger partial charge on any atom is -0.357 e. The first kappa shape index (κ1) is 14.4. The van der Waals surface area contributed by atoms with Gasteiger partial charge in [-0.15, -0.1) is 0 Å². The van der Waals surface area contributed by atoms with Crippen molar-refractivity contribution in [3.63, 3.8) is 0 Å². The third-order valence-electron chi connectivity index (χ3n) is 2.67. The van der Waals surface area contributed by atoms with Crippen LogP contribution in [0.4, 0.5) is 11.9 Å². The Balaban J connectivity index is 2.20. The van der Waals surface area contributed by atoms with Crippen LogP contribution >= 0.6 is 0 Å². The van der Waals surface area contributed by atoms with Gasteiger partial charge in [-0.25, -0.2) is 4.68 Å². The van der Waals surface area contributed by atoms with Crippen LogP contribution < -0.4 is 10.6 Å². The highest BCUT2D eigenvalue weighted by molar-refractivity contribution is 7.84. The Morgan fingerprint density at radius 1 is 1.35 bits per heavy atom. The number of anilines is 2. The molecule has 0 aliphatic rings. The lowest BCUT2D eigenvalue weighted by Gasteiger charge is -2.11. The highest BCUT2D eigenvalue weighted by atomic mass is 32.2. The van der Waals surface area contributed by atoms with Crippen molar-refractivity contribution in [3.8, 4) is 5.95 Å². The number of hydrogen-bond acceptors (Lipinski definition) is 7. The van der Waals surface area contributed by atoms with E-state index in [2.05, 4.69) is 30.7 Å². The summed E-state index contributed by atoms with van der Waals surface area (Å²) >= 11 is 0. The summed E-state index contributed by atoms with van der Waals surface area (Å²) in [6.07, 6.45) is 5.08. The van der Waals surface area contributed by atoms with Gasteiger partial charge >= 0.3 is 0 Å². The molecule has 108 valence electrons. The number of aromatic nitrogens is 5. The van der Waals surface area contributed by atoms with Crippen molar-refractivity contribution in [1.29, 1.82) is 0 Å². The SMILES string of the molecule is CNc1nc(NCC(C)S(C)=O)nc(-n2cccn2)n1. The second-order valence-corrected chi connectivity index (χ2v) is 5.98. The molecule has 0 fully saturated rings. The fraction of sp³-hybridized carbons (Fsp3) is 0.455. The Labute approximate surface area is 119 Å². The second kappa shape index (κ2) is 6.42. The van der Waals surface area contributed by atoms with E-state index in [4.69, 9.17) is 0 Å². The first-order valence-electron chi connectivity index (χ1n) is 6.10. The fourth-order valence-corrected chi connectivity index (χ4v) is 1.72. The zero-order chi connectivity index (χ0) is 14.5. The molecule has 0 amide bonds. The Morgan fingerprint density at radius 3 is 2.70 bits per heavy atom. The Kier molecular flexibility index (Phi) is 4.61. The molecule has 0 radical (unpaired) electrons. The molecule has 2 aromatic heterocycles. The molecule has 2 aromatic rings. The normalized spacial score (nSPS) is 13.8. The molecule has 0 bridgehead atoms. The van der Waals surface area contributed by atoms with E-state index in [1.165, 1.54) is 0 Å². The summed E-state index contributed by atoms with van der Waals surface area (Å²) in [5.41, 5.74) is 0. The van der Waals surface area contributed by atoms with E-state index in [-0.39, 0.29) is 5.25 Å². The van der Waals surface area contributed by atoms with Gasteiger partial charge in [-0.05, 0) is 13.0 Å². The average Bonchev–Trinajstić information content (AvgIpc) is 2.98. The lowest BCUT2D eigenvalue weighted by molar-refractivity contribution is 0.678. The molecule has 9 heteroatoms. The molecule has 2 unspecified atom stereocenters. The summed E-state index contributed by atoms with van der Waals surface area (Å²) in [6.45, 7) is 2.42. The van der Waals surface area contributed by atoms with Gasteiger partial charge in [0.05, 0.1) is 0 Å². The van der Waals surface area contributed by atoms with Crippen LogP contribution in [0.2, 0.25) is 0 Å². The Bertz CT molecular complexity index is 586. The van der Waals surface area contributed by atoms with Crippen LogP contribution in [0.5, 0.6) is 0 Å². The van der Waals surface area contributed by atoms with Crippen LogP contribution in [0.3, 0.4) is 0 Å². The van der Waals surface area contributed by atoms with E-state index in [0.717, 1.165) is 0 Å². The molecule has 2 rings (SSSR count). The zero-order valence-corrected chi connectivity index (χ0v) is 12.4. The van der Waals surface area contributed by atoms with Crippen LogP contribution in [0.15, 0.2) is 18.5 Å². The van der Waals surface area contributed by atoms with E-state index in [1.807, 2.05) is 6.92 Å². The zero-order valence-electron chi connectivity index (χ0n) is 11.6. The van der Waals surface area contributed by atoms with Crippen molar-refractivity contribution < 1.29 is 4.21 Å². The summed E-state index contributed by atoms with van der Waals surface area (Å²) < 4.78 is 12.9. The summed E-state index contributed by atoms with van der Waals surface area (Å²) in [4.78, 5) is 12.7. The van der Waals surface area contributed by atoms with E-state index in [0.29, 0.717) is 24.4 Å². The van der Waals surface area contributed by atoms with Gasteiger partial charge in [-0.2, -0.15) is 20.1 Å². The molecule has 0 aromatic carbocycles. The van der Waals surface area contributed by atoms with Crippen molar-refractivity contribution in [3.05, 3.63) is 18.5 Å². The van der Waals surface area contributed by atoms with Crippen LogP contribution in [0, 0.1) is 0 Å². The largest absolute Gasteiger partial charge is 0.357 e. The van der Waals surface area contributed by atoms with Gasteiger partial charge in [0, 0.05) is 48.3 Å². The van der Waals surface area contributed by atoms with Gasteiger partial charge in [0.2, 0.25) is 11.9 Å². The fourth-order valence-electron chi connectivity index (χ4n) is 1.40. The molecule has 20 heavy (non-hydrogen) atoms. The van der Waals surface area contributed by atoms with E-state index >= 15 is 0 Å². The summed E-state index contributed by atoms with van der Waals surface area (Å²) in [7, 11) is 0.839. The second-order valence-electron chi connectivity index (χ2n) is 4.17. The third kappa shape index (κ3) is 3.50. The van der Waals surface area contributed by atoms with Crippen LogP contribution in [0.25, 0.3) is 5.95 Å². The molecular formula is C11H17N7OS. The van der Waals surface area contributed by atoms with Crippen molar-refractivity contribution in [2.75, 3.05) is 30.5 Å². The molecule has 2 N–H and O–H groups in total. The number of nitrogens with one attached hydrogen (secondary N) is 2. The average molecular weight is 295 g/mol. The van der Waals surface area contributed by atoms with Gasteiger partial charge in [0.25, 0.3) is 5.95 Å². The van der Waals surface area contributed by atoms with Crippen LogP contribution in [-0.2, 0) is 10.8 Å². The van der Waals surface area contributed by atoms with E-state index in [9.17, 15) is 4.21 Å². The van der Waals surface area contributed by atoms with Crippen molar-refractivity contribution in [2.45, 2.75) is 12.2 Å². The van der Waals surface area contributed by atoms with Gasteiger partial charge in [-0.1, -0.05) is 0 Å². The Hall–Kier alpha value is -2.03. The van der Waals surface area contributed by atoms with E-state index < -0.39 is 10.8 Å². The highest BCUT2D eigenvalue weighted by Gasteiger charge is 2.10. The van der Waals surface area contributed by atoms with Gasteiger partial charge < -0.3 is 10.6 Å². The molecule has 0 saturated carbocycles. The smallest absolute Gasteiger partial charge is 0.257 e. The maximum Gasteiger partial charge on any atom is 0.257 e. The van der Waals surface area contributed by atoms with Gasteiger partial charge in [0.1, 0.15) is 0 Å². The maximum atomic E-state index is 11.3. The first-order valence-corrected chi connectivity index (χ1v) is 7.72. The molecule has 0 saturated heterocycles. The molecule has 0 aliphatic heterocycles. The predicted octanol–water partition coefficient (Wildman–Crippen LogP) is 0.278. The maximum absolute atomic E-state index is 11.3. The van der Waals surface area contributed by atoms with Crippen molar-refractivity contribution in [2.24, 2.45) is 0 Å². The van der Waals surface area contributed by atoms with Crippen molar-refractivity contribution in [1.82, 2.24) is 24.7 Å². The summed E-state index contributed by atoms with van der Waals surface area (Å²) in [6, 6.07) is 1.79. The molecule has 0 spiro atoms. The molecular weight excluding hydrogens is 278 g/mol. The molecule has 0 aliphatic carbocycles. The highest BCUT2D eigenvalue weighted by Crippen LogP contribution is 2.08. The molecule has 2 heterocycles. The van der Waals surface area contributed by atoms with Gasteiger partial charge in [-0.3, -0.25) is 4.21 Å². The number of nitrogens with zero attached hydrogens (tertiary/aromatic N) is 5. The third-order valence-corrected chi connectivity index (χ3v) is 3.97. The minimum absolute atomic E-state index is 0.0120. The lowest BCUT2D eigenvalue weighted by atomic mass is 10.5. The minimum atomic E-state index is -0.893. The predicted molar refractivity (Wildman–Crippen MR) is 78.5 cm³/mol. The standard InChI is InChI=1S/C11H17N7OS/c1-8(20(3)19)7-13-10-15-9(12-2)16-11(17-10)18-6-4-5-14-18/h4-6,8H,7H2,1-3H3,(H2,12,13,15,16,17). The Morgan fingerprint density at radius 2 is 2.10 bits per heavy atom. The lowest BCUT2D eigenvalue weighted by Crippen LogP contribution is -2.22.